The molecule has 4 rings (SSSR count). The van der Waals surface area contributed by atoms with Crippen LogP contribution in [-0.4, -0.2) is 34.5 Å². The van der Waals surface area contributed by atoms with Crippen molar-refractivity contribution in [1.29, 1.82) is 0 Å². The van der Waals surface area contributed by atoms with E-state index in [9.17, 15) is 4.79 Å². The zero-order valence-corrected chi connectivity index (χ0v) is 17.6. The molecule has 29 heavy (non-hydrogen) atoms. The minimum atomic E-state index is -0.538. The number of ether oxygens (including phenoxy) is 1. The van der Waals surface area contributed by atoms with Gasteiger partial charge in [0, 0.05) is 6.42 Å². The molecule has 2 aliphatic rings. The van der Waals surface area contributed by atoms with Crippen molar-refractivity contribution in [2.45, 2.75) is 64.4 Å². The van der Waals surface area contributed by atoms with Crippen molar-refractivity contribution >= 4 is 11.9 Å². The number of nitrogens with zero attached hydrogens (tertiary/aromatic N) is 2. The summed E-state index contributed by atoms with van der Waals surface area (Å²) in [6.45, 7) is 8.37. The second-order valence-corrected chi connectivity index (χ2v) is 8.90. The molecule has 2 aromatic rings. The SMILES string of the molecule is CC1NC([C@@H]2Cc3ccccc3CN2C(=O)OC(C)(C)C)=NC1c1ccccc1. The first-order chi connectivity index (χ1) is 13.8. The predicted molar refractivity (Wildman–Crippen MR) is 115 cm³/mol. The highest BCUT2D eigenvalue weighted by Gasteiger charge is 2.39. The number of nitrogens with one attached hydrogen (secondary N) is 1. The normalized spacial score (nSPS) is 23.8. The van der Waals surface area contributed by atoms with Crippen molar-refractivity contribution in [3.8, 4) is 0 Å². The van der Waals surface area contributed by atoms with E-state index in [1.807, 2.05) is 49.9 Å². The molecule has 0 fully saturated rings. The Morgan fingerprint density at radius 1 is 1.07 bits per heavy atom. The zero-order chi connectivity index (χ0) is 20.6. The lowest BCUT2D eigenvalue weighted by Gasteiger charge is -2.37. The number of rotatable bonds is 2. The van der Waals surface area contributed by atoms with Gasteiger partial charge in [0.05, 0.1) is 24.7 Å². The molecule has 0 aromatic heterocycles. The standard InChI is InChI=1S/C24H29N3O2/c1-16-21(17-10-6-5-7-11-17)26-22(25-16)20-14-18-12-8-9-13-19(18)15-27(20)23(28)29-24(2,3)4/h5-13,16,20-21H,14-15H2,1-4H3,(H,25,26)/t16?,20-,21?/m0/s1. The number of benzene rings is 2. The van der Waals surface area contributed by atoms with Gasteiger partial charge in [0.15, 0.2) is 0 Å². The van der Waals surface area contributed by atoms with Crippen molar-refractivity contribution in [1.82, 2.24) is 10.2 Å². The fraction of sp³-hybridized carbons (Fsp3) is 0.417. The molecule has 5 heteroatoms. The monoisotopic (exact) mass is 391 g/mol. The van der Waals surface area contributed by atoms with Crippen LogP contribution in [0.1, 0.15) is 50.4 Å². The Morgan fingerprint density at radius 2 is 1.72 bits per heavy atom. The van der Waals surface area contributed by atoms with Gasteiger partial charge in [-0.2, -0.15) is 0 Å². The molecular weight excluding hydrogens is 362 g/mol. The van der Waals surface area contributed by atoms with Crippen molar-refractivity contribution in [3.63, 3.8) is 0 Å². The highest BCUT2D eigenvalue weighted by atomic mass is 16.6. The van der Waals surface area contributed by atoms with E-state index in [1.54, 1.807) is 0 Å². The molecule has 1 amide bonds. The molecule has 0 aliphatic carbocycles. The summed E-state index contributed by atoms with van der Waals surface area (Å²) in [5.74, 6) is 0.867. The molecule has 2 aliphatic heterocycles. The highest BCUT2D eigenvalue weighted by Crippen LogP contribution is 2.31. The summed E-state index contributed by atoms with van der Waals surface area (Å²) < 4.78 is 5.72. The molecule has 0 radical (unpaired) electrons. The van der Waals surface area contributed by atoms with Gasteiger partial charge >= 0.3 is 6.09 Å². The first kappa shape index (κ1) is 19.5. The van der Waals surface area contributed by atoms with Gasteiger partial charge in [-0.15, -0.1) is 0 Å². The van der Waals surface area contributed by atoms with E-state index in [-0.39, 0.29) is 24.2 Å². The fourth-order valence-corrected chi connectivity index (χ4v) is 4.09. The second-order valence-electron chi connectivity index (χ2n) is 8.90. The van der Waals surface area contributed by atoms with Gasteiger partial charge in [0.2, 0.25) is 0 Å². The summed E-state index contributed by atoms with van der Waals surface area (Å²) >= 11 is 0. The maximum absolute atomic E-state index is 13.0. The first-order valence-corrected chi connectivity index (χ1v) is 10.3. The molecule has 0 bridgehead atoms. The number of fused-ring (bicyclic) bond motifs is 1. The van der Waals surface area contributed by atoms with E-state index in [0.29, 0.717) is 6.54 Å². The maximum atomic E-state index is 13.0. The minimum Gasteiger partial charge on any atom is -0.444 e. The number of amides is 1. The van der Waals surface area contributed by atoms with Crippen LogP contribution in [-0.2, 0) is 17.7 Å². The van der Waals surface area contributed by atoms with Crippen LogP contribution in [0.5, 0.6) is 0 Å². The van der Waals surface area contributed by atoms with Gasteiger partial charge in [-0.1, -0.05) is 54.6 Å². The van der Waals surface area contributed by atoms with Crippen molar-refractivity contribution in [2.24, 2.45) is 4.99 Å². The van der Waals surface area contributed by atoms with Gasteiger partial charge in [0.25, 0.3) is 0 Å². The summed E-state index contributed by atoms with van der Waals surface area (Å²) in [6.07, 6.45) is 0.437. The smallest absolute Gasteiger partial charge is 0.411 e. The van der Waals surface area contributed by atoms with E-state index < -0.39 is 5.60 Å². The average molecular weight is 392 g/mol. The summed E-state index contributed by atoms with van der Waals surface area (Å²) in [6, 6.07) is 18.7. The molecule has 152 valence electrons. The fourth-order valence-electron chi connectivity index (χ4n) is 4.09. The van der Waals surface area contributed by atoms with Crippen LogP contribution in [0.25, 0.3) is 0 Å². The lowest BCUT2D eigenvalue weighted by molar-refractivity contribution is 0.0177. The lowest BCUT2D eigenvalue weighted by Crippen LogP contribution is -2.53. The molecule has 3 atom stereocenters. The van der Waals surface area contributed by atoms with Crippen LogP contribution in [0.3, 0.4) is 0 Å². The van der Waals surface area contributed by atoms with E-state index in [4.69, 9.17) is 9.73 Å². The van der Waals surface area contributed by atoms with Gasteiger partial charge in [-0.25, -0.2) is 4.79 Å². The Balaban J connectivity index is 1.66. The second kappa shape index (κ2) is 7.54. The molecule has 2 unspecified atom stereocenters. The molecule has 1 N–H and O–H groups in total. The Hall–Kier alpha value is -2.82. The topological polar surface area (TPSA) is 53.9 Å². The van der Waals surface area contributed by atoms with E-state index in [1.165, 1.54) is 16.7 Å². The molecule has 2 heterocycles. The quantitative estimate of drug-likeness (QED) is 0.821. The van der Waals surface area contributed by atoms with Gasteiger partial charge in [-0.05, 0) is 44.4 Å². The van der Waals surface area contributed by atoms with Crippen LogP contribution in [0.2, 0.25) is 0 Å². The third-order valence-corrected chi connectivity index (χ3v) is 5.46. The molecule has 0 saturated heterocycles. The van der Waals surface area contributed by atoms with Crippen molar-refractivity contribution in [3.05, 3.63) is 71.3 Å². The predicted octanol–water partition coefficient (Wildman–Crippen LogP) is 4.48. The summed E-state index contributed by atoms with van der Waals surface area (Å²) in [5, 5.41) is 3.55. The number of aliphatic imine (C=N–C) groups is 1. The number of hydrogen-bond acceptors (Lipinski definition) is 4. The lowest BCUT2D eigenvalue weighted by atomic mass is 9.93. The number of amidine groups is 1. The Kier molecular flexibility index (Phi) is 5.07. The summed E-state index contributed by atoms with van der Waals surface area (Å²) in [7, 11) is 0. The zero-order valence-electron chi connectivity index (χ0n) is 17.6. The molecular formula is C24H29N3O2. The van der Waals surface area contributed by atoms with E-state index in [2.05, 4.69) is 42.6 Å². The first-order valence-electron chi connectivity index (χ1n) is 10.3. The van der Waals surface area contributed by atoms with Gasteiger partial charge in [-0.3, -0.25) is 9.89 Å². The Bertz CT molecular complexity index is 917. The number of hydrogen-bond donors (Lipinski definition) is 1. The number of carbonyl (C=O) groups is 1. The van der Waals surface area contributed by atoms with Crippen molar-refractivity contribution < 1.29 is 9.53 Å². The van der Waals surface area contributed by atoms with E-state index >= 15 is 0 Å². The van der Waals surface area contributed by atoms with Crippen LogP contribution in [0.15, 0.2) is 59.6 Å². The summed E-state index contributed by atoms with van der Waals surface area (Å²) in [5.41, 5.74) is 3.07. The molecule has 2 aromatic carbocycles. The molecule has 0 saturated carbocycles. The maximum Gasteiger partial charge on any atom is 0.411 e. The van der Waals surface area contributed by atoms with Crippen molar-refractivity contribution in [2.75, 3.05) is 0 Å². The van der Waals surface area contributed by atoms with E-state index in [0.717, 1.165) is 12.3 Å². The number of carbonyl (C=O) groups excluding carboxylic acids is 1. The highest BCUT2D eigenvalue weighted by molar-refractivity contribution is 5.92. The third-order valence-electron chi connectivity index (χ3n) is 5.46. The summed E-state index contributed by atoms with van der Waals surface area (Å²) in [4.78, 5) is 19.9. The Labute approximate surface area is 172 Å². The van der Waals surface area contributed by atoms with Crippen LogP contribution >= 0.6 is 0 Å². The molecule has 0 spiro atoms. The van der Waals surface area contributed by atoms with Crippen LogP contribution < -0.4 is 5.32 Å². The van der Waals surface area contributed by atoms with Crippen LogP contribution in [0.4, 0.5) is 4.79 Å². The minimum absolute atomic E-state index is 0.0452. The van der Waals surface area contributed by atoms with Crippen LogP contribution in [0, 0.1) is 0 Å². The van der Waals surface area contributed by atoms with Gasteiger partial charge < -0.3 is 10.1 Å². The van der Waals surface area contributed by atoms with Gasteiger partial charge in [0.1, 0.15) is 11.4 Å². The Morgan fingerprint density at radius 3 is 2.41 bits per heavy atom. The largest absolute Gasteiger partial charge is 0.444 e. The third kappa shape index (κ3) is 4.14. The average Bonchev–Trinajstić information content (AvgIpc) is 3.08. The molecule has 5 nitrogen and oxygen atoms in total.